The van der Waals surface area contributed by atoms with E-state index in [0.29, 0.717) is 17.9 Å². The highest BCUT2D eigenvalue weighted by molar-refractivity contribution is 9.10. The van der Waals surface area contributed by atoms with Crippen LogP contribution in [0, 0.1) is 11.8 Å². The number of allylic oxidation sites excluding steroid dienone is 1. The molecule has 0 spiro atoms. The van der Waals surface area contributed by atoms with Gasteiger partial charge in [0, 0.05) is 28.1 Å². The van der Waals surface area contributed by atoms with E-state index in [-0.39, 0.29) is 0 Å². The largest absolute Gasteiger partial charge is 0.356 e. The molecule has 1 aliphatic rings. The molecular weight excluding hydrogens is 348 g/mol. The molecule has 3 unspecified atom stereocenters. The molecule has 2 aromatic rings. The minimum Gasteiger partial charge on any atom is -0.356 e. The Hall–Kier alpha value is -1.32. The van der Waals surface area contributed by atoms with Gasteiger partial charge in [-0.05, 0) is 58.7 Å². The van der Waals surface area contributed by atoms with Gasteiger partial charge in [-0.15, -0.1) is 13.2 Å². The van der Waals surface area contributed by atoms with Gasteiger partial charge in [0.05, 0.1) is 5.52 Å². The lowest BCUT2D eigenvalue weighted by atomic mass is 9.90. The number of nitrogens with one attached hydrogen (secondary N) is 2. The number of H-pyrrole nitrogens is 1. The number of aromatic nitrogens is 1. The standard InChI is InChI=1S/C20H25BrN2/c1-4-13(3)14(5-2)12-22-18-11-7-9-16-15-8-6-10-17(21)19(15)23-20(16)18/h4-6,8,10,13-14,18,22-23H,1-2,7,9,11-12H2,3H3. The van der Waals surface area contributed by atoms with Crippen molar-refractivity contribution in [1.29, 1.82) is 0 Å². The van der Waals surface area contributed by atoms with Crippen molar-refractivity contribution in [2.24, 2.45) is 11.8 Å². The average molecular weight is 373 g/mol. The summed E-state index contributed by atoms with van der Waals surface area (Å²) in [6.45, 7) is 11.0. The Morgan fingerprint density at radius 2 is 2.22 bits per heavy atom. The number of para-hydroxylation sites is 1. The molecule has 1 aromatic carbocycles. The van der Waals surface area contributed by atoms with E-state index in [2.05, 4.69) is 64.5 Å². The Labute approximate surface area is 147 Å². The van der Waals surface area contributed by atoms with E-state index in [1.54, 1.807) is 0 Å². The summed E-state index contributed by atoms with van der Waals surface area (Å²) in [5.41, 5.74) is 4.08. The van der Waals surface area contributed by atoms with Crippen LogP contribution >= 0.6 is 15.9 Å². The van der Waals surface area contributed by atoms with Crippen LogP contribution in [0.2, 0.25) is 0 Å². The Morgan fingerprint density at radius 1 is 1.39 bits per heavy atom. The number of hydrogen-bond donors (Lipinski definition) is 2. The summed E-state index contributed by atoms with van der Waals surface area (Å²) < 4.78 is 1.15. The fraction of sp³-hybridized carbons (Fsp3) is 0.400. The molecule has 3 rings (SSSR count). The summed E-state index contributed by atoms with van der Waals surface area (Å²) >= 11 is 3.67. The van der Waals surface area contributed by atoms with Gasteiger partial charge in [-0.3, -0.25) is 0 Å². The average Bonchev–Trinajstić information content (AvgIpc) is 2.96. The van der Waals surface area contributed by atoms with Crippen LogP contribution in [0.15, 0.2) is 48.0 Å². The van der Waals surface area contributed by atoms with Gasteiger partial charge < -0.3 is 10.3 Å². The van der Waals surface area contributed by atoms with Crippen molar-refractivity contribution >= 4 is 26.8 Å². The maximum atomic E-state index is 3.98. The van der Waals surface area contributed by atoms with Crippen LogP contribution in [0.3, 0.4) is 0 Å². The van der Waals surface area contributed by atoms with Crippen molar-refractivity contribution in [3.05, 3.63) is 59.2 Å². The van der Waals surface area contributed by atoms with Crippen molar-refractivity contribution in [2.75, 3.05) is 6.54 Å². The summed E-state index contributed by atoms with van der Waals surface area (Å²) in [5, 5.41) is 5.12. The van der Waals surface area contributed by atoms with Gasteiger partial charge >= 0.3 is 0 Å². The second-order valence-electron chi connectivity index (χ2n) is 6.53. The van der Waals surface area contributed by atoms with Gasteiger partial charge in [-0.2, -0.15) is 0 Å². The van der Waals surface area contributed by atoms with Crippen molar-refractivity contribution in [1.82, 2.24) is 10.3 Å². The summed E-state index contributed by atoms with van der Waals surface area (Å²) in [6, 6.07) is 6.85. The third-order valence-corrected chi connectivity index (χ3v) is 5.80. The molecule has 3 heteroatoms. The molecule has 1 aliphatic carbocycles. The molecule has 0 bridgehead atoms. The van der Waals surface area contributed by atoms with Crippen molar-refractivity contribution < 1.29 is 0 Å². The lowest BCUT2D eigenvalue weighted by Crippen LogP contribution is -2.31. The smallest absolute Gasteiger partial charge is 0.0603 e. The molecule has 23 heavy (non-hydrogen) atoms. The molecular formula is C20H25BrN2. The molecule has 0 saturated heterocycles. The number of halogens is 1. The molecule has 0 saturated carbocycles. The van der Waals surface area contributed by atoms with Gasteiger partial charge in [-0.25, -0.2) is 0 Å². The fourth-order valence-electron chi connectivity index (χ4n) is 3.59. The van der Waals surface area contributed by atoms with Crippen LogP contribution in [0.5, 0.6) is 0 Å². The predicted octanol–water partition coefficient (Wildman–Crippen LogP) is 5.52. The van der Waals surface area contributed by atoms with Gasteiger partial charge in [0.1, 0.15) is 0 Å². The Balaban J connectivity index is 1.84. The topological polar surface area (TPSA) is 27.8 Å². The van der Waals surface area contributed by atoms with Crippen LogP contribution in [-0.4, -0.2) is 11.5 Å². The van der Waals surface area contributed by atoms with Gasteiger partial charge in [0.15, 0.2) is 0 Å². The Morgan fingerprint density at radius 3 is 2.96 bits per heavy atom. The van der Waals surface area contributed by atoms with E-state index in [1.165, 1.54) is 35.0 Å². The molecule has 0 aliphatic heterocycles. The van der Waals surface area contributed by atoms with E-state index in [1.807, 2.05) is 12.2 Å². The quantitative estimate of drug-likeness (QED) is 0.641. The number of aryl methyl sites for hydroxylation is 1. The van der Waals surface area contributed by atoms with Crippen molar-refractivity contribution in [3.63, 3.8) is 0 Å². The minimum atomic E-state index is 0.400. The van der Waals surface area contributed by atoms with Gasteiger partial charge in [0.2, 0.25) is 0 Å². The fourth-order valence-corrected chi connectivity index (χ4v) is 4.06. The highest BCUT2D eigenvalue weighted by Crippen LogP contribution is 2.37. The van der Waals surface area contributed by atoms with E-state index in [0.717, 1.165) is 17.4 Å². The number of hydrogen-bond acceptors (Lipinski definition) is 1. The van der Waals surface area contributed by atoms with E-state index >= 15 is 0 Å². The van der Waals surface area contributed by atoms with E-state index in [9.17, 15) is 0 Å². The van der Waals surface area contributed by atoms with Crippen LogP contribution in [0.25, 0.3) is 10.9 Å². The normalized spacial score (nSPS) is 20.0. The van der Waals surface area contributed by atoms with Crippen molar-refractivity contribution in [3.8, 4) is 0 Å². The Kier molecular flexibility index (Phi) is 5.08. The zero-order valence-corrected chi connectivity index (χ0v) is 15.3. The van der Waals surface area contributed by atoms with Crippen LogP contribution in [0.1, 0.15) is 37.1 Å². The van der Waals surface area contributed by atoms with E-state index < -0.39 is 0 Å². The van der Waals surface area contributed by atoms with Gasteiger partial charge in [-0.1, -0.05) is 31.2 Å². The first-order chi connectivity index (χ1) is 11.2. The number of rotatable bonds is 6. The predicted molar refractivity (Wildman–Crippen MR) is 103 cm³/mol. The summed E-state index contributed by atoms with van der Waals surface area (Å²) in [6.07, 6.45) is 7.65. The highest BCUT2D eigenvalue weighted by atomic mass is 79.9. The third-order valence-electron chi connectivity index (χ3n) is 5.14. The molecule has 3 atom stereocenters. The monoisotopic (exact) mass is 372 g/mol. The lowest BCUT2D eigenvalue weighted by molar-refractivity contribution is 0.394. The van der Waals surface area contributed by atoms with E-state index in [4.69, 9.17) is 0 Å². The summed E-state index contributed by atoms with van der Waals surface area (Å²) in [5.74, 6) is 0.869. The first-order valence-corrected chi connectivity index (χ1v) is 9.22. The summed E-state index contributed by atoms with van der Waals surface area (Å²) in [7, 11) is 0. The molecule has 1 heterocycles. The second kappa shape index (κ2) is 7.06. The second-order valence-corrected chi connectivity index (χ2v) is 7.38. The maximum Gasteiger partial charge on any atom is 0.0603 e. The zero-order chi connectivity index (χ0) is 16.4. The first kappa shape index (κ1) is 16.5. The highest BCUT2D eigenvalue weighted by Gasteiger charge is 2.25. The molecule has 0 radical (unpaired) electrons. The number of fused-ring (bicyclic) bond motifs is 3. The third kappa shape index (κ3) is 3.17. The van der Waals surface area contributed by atoms with Crippen LogP contribution in [-0.2, 0) is 6.42 Å². The molecule has 2 N–H and O–H groups in total. The molecule has 0 amide bonds. The maximum absolute atomic E-state index is 3.98. The molecule has 1 aromatic heterocycles. The number of benzene rings is 1. The Bertz CT molecular complexity index is 716. The first-order valence-electron chi connectivity index (χ1n) is 8.43. The minimum absolute atomic E-state index is 0.400. The van der Waals surface area contributed by atoms with Crippen LogP contribution in [0.4, 0.5) is 0 Å². The lowest BCUT2D eigenvalue weighted by Gasteiger charge is -2.27. The number of aromatic amines is 1. The van der Waals surface area contributed by atoms with Crippen LogP contribution < -0.4 is 5.32 Å². The SMILES string of the molecule is C=CC(C)C(C=C)CNC1CCCc2c1[nH]c1c(Br)cccc21. The molecule has 0 fully saturated rings. The molecule has 2 nitrogen and oxygen atoms in total. The summed E-state index contributed by atoms with van der Waals surface area (Å²) in [4.78, 5) is 3.66. The molecule has 122 valence electrons. The van der Waals surface area contributed by atoms with Crippen molar-refractivity contribution in [2.45, 2.75) is 32.2 Å². The van der Waals surface area contributed by atoms with Gasteiger partial charge in [0.25, 0.3) is 0 Å². The zero-order valence-electron chi connectivity index (χ0n) is 13.7.